The zero-order valence-corrected chi connectivity index (χ0v) is 13.9. The molecule has 0 radical (unpaired) electrons. The highest BCUT2D eigenvalue weighted by Gasteiger charge is 2.12. The summed E-state index contributed by atoms with van der Waals surface area (Å²) < 4.78 is 23.2. The predicted octanol–water partition coefficient (Wildman–Crippen LogP) is 4.19. The molecule has 6 heteroatoms. The van der Waals surface area contributed by atoms with Gasteiger partial charge in [0.15, 0.2) is 11.5 Å². The molecule has 132 valence electrons. The Morgan fingerprint density at radius 3 is 2.46 bits per heavy atom. The third-order valence-corrected chi connectivity index (χ3v) is 3.72. The number of carbonyl (C=O) groups excluding carboxylic acids is 2. The number of hydrogen-bond donors (Lipinski definition) is 0. The van der Waals surface area contributed by atoms with Crippen molar-refractivity contribution in [3.8, 4) is 11.3 Å². The molecule has 0 saturated heterocycles. The van der Waals surface area contributed by atoms with Crippen LogP contribution in [0.2, 0.25) is 0 Å². The molecule has 5 nitrogen and oxygen atoms in total. The Kier molecular flexibility index (Phi) is 5.53. The topological polar surface area (TPSA) is 69.4 Å². The van der Waals surface area contributed by atoms with E-state index in [-0.39, 0.29) is 25.2 Å². The van der Waals surface area contributed by atoms with E-state index in [1.165, 1.54) is 24.3 Å². The van der Waals surface area contributed by atoms with Crippen LogP contribution in [0.5, 0.6) is 0 Å². The van der Waals surface area contributed by atoms with Gasteiger partial charge in [0.25, 0.3) is 0 Å². The highest BCUT2D eigenvalue weighted by Crippen LogP contribution is 2.20. The fraction of sp³-hybridized carbons (Fsp3) is 0.150. The molecule has 1 heterocycles. The van der Waals surface area contributed by atoms with Gasteiger partial charge in [-0.3, -0.25) is 9.59 Å². The second-order valence-electron chi connectivity index (χ2n) is 5.64. The zero-order valence-electron chi connectivity index (χ0n) is 13.9. The lowest BCUT2D eigenvalue weighted by molar-refractivity contribution is -0.145. The molecule has 1 aromatic heterocycles. The van der Waals surface area contributed by atoms with E-state index < -0.39 is 11.8 Å². The number of aromatic nitrogens is 1. The van der Waals surface area contributed by atoms with E-state index in [2.05, 4.69) is 5.16 Å². The first-order valence-corrected chi connectivity index (χ1v) is 8.07. The summed E-state index contributed by atoms with van der Waals surface area (Å²) in [7, 11) is 0. The van der Waals surface area contributed by atoms with Crippen molar-refractivity contribution >= 4 is 11.8 Å². The molecule has 2 aromatic carbocycles. The van der Waals surface area contributed by atoms with Gasteiger partial charge in [0.2, 0.25) is 0 Å². The van der Waals surface area contributed by atoms with E-state index in [1.807, 2.05) is 30.3 Å². The second-order valence-corrected chi connectivity index (χ2v) is 5.64. The quantitative estimate of drug-likeness (QED) is 0.471. The minimum absolute atomic E-state index is 0.00144. The van der Waals surface area contributed by atoms with Gasteiger partial charge in [0, 0.05) is 23.6 Å². The number of rotatable bonds is 7. The van der Waals surface area contributed by atoms with E-state index in [0.717, 1.165) is 5.56 Å². The van der Waals surface area contributed by atoms with Crippen molar-refractivity contribution in [2.24, 2.45) is 0 Å². The smallest absolute Gasteiger partial charge is 0.306 e. The molecule has 0 aliphatic carbocycles. The summed E-state index contributed by atoms with van der Waals surface area (Å²) in [6, 6.07) is 16.3. The van der Waals surface area contributed by atoms with Crippen LogP contribution in [0.15, 0.2) is 65.2 Å². The van der Waals surface area contributed by atoms with Crippen LogP contribution in [0.4, 0.5) is 4.39 Å². The fourth-order valence-electron chi connectivity index (χ4n) is 2.34. The summed E-state index contributed by atoms with van der Waals surface area (Å²) in [6.07, 6.45) is -0.0574. The van der Waals surface area contributed by atoms with Gasteiger partial charge in [-0.25, -0.2) is 4.39 Å². The van der Waals surface area contributed by atoms with E-state index in [1.54, 1.807) is 6.07 Å². The predicted molar refractivity (Wildman–Crippen MR) is 91.7 cm³/mol. The van der Waals surface area contributed by atoms with Crippen molar-refractivity contribution in [2.75, 3.05) is 0 Å². The van der Waals surface area contributed by atoms with Crippen molar-refractivity contribution in [3.05, 3.63) is 77.7 Å². The van der Waals surface area contributed by atoms with Gasteiger partial charge in [0.1, 0.15) is 18.1 Å². The number of Topliss-reactive ketones (excluding diaryl/α,β-unsaturated/α-hetero) is 1. The molecular formula is C20H16FNO4. The summed E-state index contributed by atoms with van der Waals surface area (Å²) >= 11 is 0. The molecule has 3 aromatic rings. The number of carbonyl (C=O) groups is 2. The van der Waals surface area contributed by atoms with Gasteiger partial charge >= 0.3 is 5.97 Å². The standard InChI is InChI=1S/C20H16FNO4/c21-16-8-6-14(7-9-16)18(23)10-11-20(24)25-13-17-12-19(26-22-17)15-4-2-1-3-5-15/h1-9,12H,10-11,13H2. The highest BCUT2D eigenvalue weighted by molar-refractivity contribution is 5.97. The lowest BCUT2D eigenvalue weighted by Crippen LogP contribution is -2.08. The first kappa shape index (κ1) is 17.5. The van der Waals surface area contributed by atoms with Crippen LogP contribution in [-0.2, 0) is 16.1 Å². The molecule has 0 amide bonds. The van der Waals surface area contributed by atoms with E-state index in [9.17, 15) is 14.0 Å². The Hall–Kier alpha value is -3.28. The van der Waals surface area contributed by atoms with Gasteiger partial charge in [-0.2, -0.15) is 0 Å². The molecular weight excluding hydrogens is 337 g/mol. The maximum Gasteiger partial charge on any atom is 0.306 e. The molecule has 0 aliphatic heterocycles. The fourth-order valence-corrected chi connectivity index (χ4v) is 2.34. The van der Waals surface area contributed by atoms with Crippen LogP contribution >= 0.6 is 0 Å². The average molecular weight is 353 g/mol. The Balaban J connectivity index is 1.46. The minimum atomic E-state index is -0.510. The van der Waals surface area contributed by atoms with Gasteiger partial charge in [0.05, 0.1) is 6.42 Å². The number of esters is 1. The van der Waals surface area contributed by atoms with Crippen LogP contribution in [0.25, 0.3) is 11.3 Å². The molecule has 0 spiro atoms. The van der Waals surface area contributed by atoms with Crippen LogP contribution < -0.4 is 0 Å². The first-order chi connectivity index (χ1) is 12.6. The van der Waals surface area contributed by atoms with Crippen LogP contribution in [0, 0.1) is 5.82 Å². The third-order valence-electron chi connectivity index (χ3n) is 3.72. The molecule has 3 rings (SSSR count). The van der Waals surface area contributed by atoms with Crippen LogP contribution in [-0.4, -0.2) is 16.9 Å². The summed E-state index contributed by atoms with van der Waals surface area (Å²) in [5.41, 5.74) is 1.73. The van der Waals surface area contributed by atoms with Crippen molar-refractivity contribution in [2.45, 2.75) is 19.4 Å². The summed E-state index contributed by atoms with van der Waals surface area (Å²) in [5, 5.41) is 3.86. The van der Waals surface area contributed by atoms with Crippen molar-refractivity contribution in [1.29, 1.82) is 0 Å². The van der Waals surface area contributed by atoms with Crippen LogP contribution in [0.3, 0.4) is 0 Å². The highest BCUT2D eigenvalue weighted by atomic mass is 19.1. The van der Waals surface area contributed by atoms with E-state index in [0.29, 0.717) is 17.0 Å². The number of ether oxygens (including phenoxy) is 1. The summed E-state index contributed by atoms with van der Waals surface area (Å²) in [4.78, 5) is 23.7. The maximum absolute atomic E-state index is 12.8. The van der Waals surface area contributed by atoms with E-state index >= 15 is 0 Å². The number of nitrogens with zero attached hydrogens (tertiary/aromatic N) is 1. The Morgan fingerprint density at radius 1 is 1.00 bits per heavy atom. The first-order valence-electron chi connectivity index (χ1n) is 8.07. The second kappa shape index (κ2) is 8.20. The average Bonchev–Trinajstić information content (AvgIpc) is 3.15. The Labute approximate surface area is 149 Å². The molecule has 0 atom stereocenters. The maximum atomic E-state index is 12.8. The van der Waals surface area contributed by atoms with Gasteiger partial charge < -0.3 is 9.26 Å². The lowest BCUT2D eigenvalue weighted by Gasteiger charge is -2.03. The van der Waals surface area contributed by atoms with Crippen molar-refractivity contribution in [3.63, 3.8) is 0 Å². The van der Waals surface area contributed by atoms with Gasteiger partial charge in [-0.05, 0) is 24.3 Å². The van der Waals surface area contributed by atoms with Crippen molar-refractivity contribution in [1.82, 2.24) is 5.16 Å². The molecule has 0 bridgehead atoms. The summed E-state index contributed by atoms with van der Waals surface area (Å²) in [5.74, 6) is -0.578. The Morgan fingerprint density at radius 2 is 1.73 bits per heavy atom. The molecule has 0 N–H and O–H groups in total. The molecule has 0 saturated carbocycles. The largest absolute Gasteiger partial charge is 0.459 e. The minimum Gasteiger partial charge on any atom is -0.459 e. The molecule has 26 heavy (non-hydrogen) atoms. The van der Waals surface area contributed by atoms with Crippen LogP contribution in [0.1, 0.15) is 28.9 Å². The monoisotopic (exact) mass is 353 g/mol. The number of ketones is 1. The lowest BCUT2D eigenvalue weighted by atomic mass is 10.1. The SMILES string of the molecule is O=C(CCC(=O)c1ccc(F)cc1)OCc1cc(-c2ccccc2)on1. The van der Waals surface area contributed by atoms with Gasteiger partial charge in [-0.15, -0.1) is 0 Å². The van der Waals surface area contributed by atoms with Gasteiger partial charge in [-0.1, -0.05) is 35.5 Å². The molecule has 0 unspecified atom stereocenters. The van der Waals surface area contributed by atoms with E-state index in [4.69, 9.17) is 9.26 Å². The number of hydrogen-bond acceptors (Lipinski definition) is 5. The third kappa shape index (κ3) is 4.63. The normalized spacial score (nSPS) is 10.5. The number of benzene rings is 2. The van der Waals surface area contributed by atoms with Crippen molar-refractivity contribution < 1.29 is 23.2 Å². The summed E-state index contributed by atoms with van der Waals surface area (Å²) in [6.45, 7) is -0.0279. The molecule has 0 aliphatic rings. The number of halogens is 1. The molecule has 0 fully saturated rings. The Bertz CT molecular complexity index is 888. The zero-order chi connectivity index (χ0) is 18.4.